The van der Waals surface area contributed by atoms with E-state index in [1.54, 1.807) is 11.3 Å². The van der Waals surface area contributed by atoms with E-state index in [0.717, 1.165) is 42.9 Å². The summed E-state index contributed by atoms with van der Waals surface area (Å²) in [5, 5.41) is 2.07. The minimum absolute atomic E-state index is 0.128. The Bertz CT molecular complexity index is 588. The maximum absolute atomic E-state index is 5.99. The van der Waals surface area contributed by atoms with Crippen LogP contribution in [0.2, 0.25) is 0 Å². The summed E-state index contributed by atoms with van der Waals surface area (Å²) in [6.45, 7) is 4.58. The van der Waals surface area contributed by atoms with Crippen LogP contribution < -0.4 is 10.6 Å². The van der Waals surface area contributed by atoms with Crippen molar-refractivity contribution in [2.75, 3.05) is 31.7 Å². The number of aromatic nitrogens is 2. The number of hydrogen-bond acceptors (Lipinski definition) is 5. The molecule has 5 nitrogen and oxygen atoms in total. The molecule has 2 aromatic rings. The lowest BCUT2D eigenvalue weighted by atomic mass is 10.2. The first kappa shape index (κ1) is 14.8. The Kier molecular flexibility index (Phi) is 4.47. The Morgan fingerprint density at radius 2 is 2.38 bits per heavy atom. The third-order valence-corrected chi connectivity index (χ3v) is 4.59. The summed E-state index contributed by atoms with van der Waals surface area (Å²) >= 11 is 1.66. The number of nitrogens with zero attached hydrogens (tertiary/aromatic N) is 3. The van der Waals surface area contributed by atoms with Crippen LogP contribution in [-0.2, 0) is 11.2 Å². The Labute approximate surface area is 129 Å². The SMILES string of the molecule is CC(N)Cc1c(N(C)CCOCC2CC2)nc2sccn12. The van der Waals surface area contributed by atoms with Crippen molar-refractivity contribution in [1.82, 2.24) is 9.38 Å². The van der Waals surface area contributed by atoms with Crippen LogP contribution in [0.15, 0.2) is 11.6 Å². The molecule has 2 heterocycles. The number of fused-ring (bicyclic) bond motifs is 1. The van der Waals surface area contributed by atoms with Gasteiger partial charge in [0.25, 0.3) is 0 Å². The van der Waals surface area contributed by atoms with E-state index in [1.807, 2.05) is 6.92 Å². The maximum Gasteiger partial charge on any atom is 0.195 e. The monoisotopic (exact) mass is 308 g/mol. The van der Waals surface area contributed by atoms with Gasteiger partial charge in [0.2, 0.25) is 0 Å². The minimum atomic E-state index is 0.128. The molecule has 1 aliphatic rings. The number of hydrogen-bond donors (Lipinski definition) is 1. The van der Waals surface area contributed by atoms with E-state index in [9.17, 15) is 0 Å². The first-order chi connectivity index (χ1) is 10.1. The number of nitrogens with two attached hydrogens (primary N) is 1. The van der Waals surface area contributed by atoms with E-state index in [-0.39, 0.29) is 6.04 Å². The topological polar surface area (TPSA) is 55.8 Å². The highest BCUT2D eigenvalue weighted by Crippen LogP contribution is 2.29. The molecule has 116 valence electrons. The molecule has 1 unspecified atom stereocenters. The highest BCUT2D eigenvalue weighted by atomic mass is 32.1. The molecule has 0 saturated heterocycles. The highest BCUT2D eigenvalue weighted by molar-refractivity contribution is 7.15. The first-order valence-corrected chi connectivity index (χ1v) is 8.52. The van der Waals surface area contributed by atoms with Crippen molar-refractivity contribution in [2.24, 2.45) is 11.7 Å². The minimum Gasteiger partial charge on any atom is -0.379 e. The van der Waals surface area contributed by atoms with Crippen LogP contribution in [0, 0.1) is 5.92 Å². The average Bonchev–Trinajstić information content (AvgIpc) is 3.04. The van der Waals surface area contributed by atoms with Crippen LogP contribution >= 0.6 is 11.3 Å². The van der Waals surface area contributed by atoms with Crippen molar-refractivity contribution in [1.29, 1.82) is 0 Å². The van der Waals surface area contributed by atoms with Crippen LogP contribution in [0.3, 0.4) is 0 Å². The fourth-order valence-corrected chi connectivity index (χ4v) is 3.19. The van der Waals surface area contributed by atoms with Gasteiger partial charge in [-0.3, -0.25) is 4.40 Å². The highest BCUT2D eigenvalue weighted by Gasteiger charge is 2.21. The molecule has 1 atom stereocenters. The second kappa shape index (κ2) is 6.34. The van der Waals surface area contributed by atoms with E-state index in [4.69, 9.17) is 15.5 Å². The van der Waals surface area contributed by atoms with Gasteiger partial charge in [-0.2, -0.15) is 0 Å². The molecule has 0 aromatic carbocycles. The van der Waals surface area contributed by atoms with Crippen molar-refractivity contribution in [2.45, 2.75) is 32.2 Å². The van der Waals surface area contributed by atoms with Crippen LogP contribution in [0.25, 0.3) is 4.96 Å². The molecule has 1 fully saturated rings. The summed E-state index contributed by atoms with van der Waals surface area (Å²) in [6.07, 6.45) is 5.59. The molecule has 2 aromatic heterocycles. The van der Waals surface area contributed by atoms with Crippen molar-refractivity contribution < 1.29 is 4.74 Å². The largest absolute Gasteiger partial charge is 0.379 e. The van der Waals surface area contributed by atoms with Gasteiger partial charge >= 0.3 is 0 Å². The maximum atomic E-state index is 5.99. The lowest BCUT2D eigenvalue weighted by Crippen LogP contribution is -2.26. The number of likely N-dealkylation sites (N-methyl/N-ethyl adjacent to an activating group) is 1. The number of imidazole rings is 1. The van der Waals surface area contributed by atoms with Gasteiger partial charge < -0.3 is 15.4 Å². The van der Waals surface area contributed by atoms with Crippen LogP contribution in [0.4, 0.5) is 5.82 Å². The predicted molar refractivity (Wildman–Crippen MR) is 87.2 cm³/mol. The molecule has 0 spiro atoms. The van der Waals surface area contributed by atoms with Crippen LogP contribution in [0.1, 0.15) is 25.5 Å². The Morgan fingerprint density at radius 1 is 1.57 bits per heavy atom. The van der Waals surface area contributed by atoms with E-state index >= 15 is 0 Å². The van der Waals surface area contributed by atoms with Gasteiger partial charge in [-0.1, -0.05) is 0 Å². The van der Waals surface area contributed by atoms with E-state index in [1.165, 1.54) is 18.5 Å². The average molecular weight is 308 g/mol. The number of thiazole rings is 1. The van der Waals surface area contributed by atoms with Gasteiger partial charge in [-0.15, -0.1) is 11.3 Å². The molecular formula is C15H24N4OS. The van der Waals surface area contributed by atoms with Gasteiger partial charge in [-0.25, -0.2) is 4.98 Å². The fourth-order valence-electron chi connectivity index (χ4n) is 2.46. The van der Waals surface area contributed by atoms with Gasteiger partial charge in [0.05, 0.1) is 12.3 Å². The molecule has 1 saturated carbocycles. The molecule has 3 rings (SSSR count). The smallest absolute Gasteiger partial charge is 0.195 e. The number of rotatable bonds is 8. The van der Waals surface area contributed by atoms with Gasteiger partial charge in [0.1, 0.15) is 0 Å². The summed E-state index contributed by atoms with van der Waals surface area (Å²) in [6, 6.07) is 0.128. The summed E-state index contributed by atoms with van der Waals surface area (Å²) in [5.74, 6) is 1.86. The quantitative estimate of drug-likeness (QED) is 0.759. The molecule has 0 bridgehead atoms. The summed E-state index contributed by atoms with van der Waals surface area (Å²) in [7, 11) is 2.08. The Balaban J connectivity index is 1.66. The molecule has 21 heavy (non-hydrogen) atoms. The van der Waals surface area contributed by atoms with Crippen molar-refractivity contribution in [3.8, 4) is 0 Å². The van der Waals surface area contributed by atoms with Crippen LogP contribution in [-0.4, -0.2) is 42.2 Å². The fraction of sp³-hybridized carbons (Fsp3) is 0.667. The summed E-state index contributed by atoms with van der Waals surface area (Å²) in [5.41, 5.74) is 7.19. The zero-order valence-corrected chi connectivity index (χ0v) is 13.6. The lowest BCUT2D eigenvalue weighted by molar-refractivity contribution is 0.131. The molecule has 1 aliphatic carbocycles. The second-order valence-corrected chi connectivity index (χ2v) is 6.93. The Hall–Kier alpha value is -1.11. The predicted octanol–water partition coefficient (Wildman–Crippen LogP) is 2.15. The third-order valence-electron chi connectivity index (χ3n) is 3.84. The van der Waals surface area contributed by atoms with Gasteiger partial charge in [-0.05, 0) is 25.7 Å². The molecular weight excluding hydrogens is 284 g/mol. The van der Waals surface area contributed by atoms with E-state index < -0.39 is 0 Å². The molecule has 0 aliphatic heterocycles. The summed E-state index contributed by atoms with van der Waals surface area (Å²) < 4.78 is 7.89. The number of anilines is 1. The standard InChI is InChI=1S/C15H24N4OS/c1-11(16)9-13-14(17-15-19(13)6-8-21-15)18(2)5-7-20-10-12-3-4-12/h6,8,11-12H,3-5,7,9-10,16H2,1-2H3. The van der Waals surface area contributed by atoms with Crippen molar-refractivity contribution in [3.63, 3.8) is 0 Å². The molecule has 0 amide bonds. The number of ether oxygens (including phenoxy) is 1. The summed E-state index contributed by atoms with van der Waals surface area (Å²) in [4.78, 5) is 7.97. The van der Waals surface area contributed by atoms with E-state index in [0.29, 0.717) is 0 Å². The van der Waals surface area contributed by atoms with Gasteiger partial charge in [0, 0.05) is 44.2 Å². The zero-order chi connectivity index (χ0) is 14.8. The molecule has 2 N–H and O–H groups in total. The molecule has 6 heteroatoms. The Morgan fingerprint density at radius 3 is 3.10 bits per heavy atom. The van der Waals surface area contributed by atoms with Crippen molar-refractivity contribution >= 4 is 22.1 Å². The van der Waals surface area contributed by atoms with Crippen molar-refractivity contribution in [3.05, 3.63) is 17.3 Å². The molecule has 0 radical (unpaired) electrons. The normalized spacial score (nSPS) is 16.5. The van der Waals surface area contributed by atoms with E-state index in [2.05, 4.69) is 27.9 Å². The zero-order valence-electron chi connectivity index (χ0n) is 12.8. The second-order valence-electron chi connectivity index (χ2n) is 6.06. The first-order valence-electron chi connectivity index (χ1n) is 7.64. The van der Waals surface area contributed by atoms with Gasteiger partial charge in [0.15, 0.2) is 10.8 Å². The third kappa shape index (κ3) is 3.56. The lowest BCUT2D eigenvalue weighted by Gasteiger charge is -2.19. The van der Waals surface area contributed by atoms with Crippen LogP contribution in [0.5, 0.6) is 0 Å².